The summed E-state index contributed by atoms with van der Waals surface area (Å²) in [4.78, 5) is 12.6. The molecule has 0 unspecified atom stereocenters. The van der Waals surface area contributed by atoms with Crippen LogP contribution in [0.3, 0.4) is 0 Å². The molecule has 0 aliphatic carbocycles. The van der Waals surface area contributed by atoms with E-state index in [4.69, 9.17) is 0 Å². The Bertz CT molecular complexity index is 976. The Kier molecular flexibility index (Phi) is 9.69. The average molecular weight is 561 g/mol. The van der Waals surface area contributed by atoms with Crippen LogP contribution < -0.4 is 10.6 Å². The van der Waals surface area contributed by atoms with Gasteiger partial charge in [-0.25, -0.2) is 9.98 Å². The molecule has 2 N–H and O–H groups in total. The smallest absolute Gasteiger partial charge is 0.357 e. The lowest BCUT2D eigenvalue weighted by Crippen LogP contribution is -2.38. The van der Waals surface area contributed by atoms with E-state index in [1.165, 1.54) is 0 Å². The Morgan fingerprint density at radius 3 is 2.65 bits per heavy atom. The second-order valence-electron chi connectivity index (χ2n) is 6.41. The number of nitrogens with one attached hydrogen (secondary N) is 2. The molecule has 0 spiro atoms. The van der Waals surface area contributed by atoms with Gasteiger partial charge in [-0.15, -0.1) is 35.3 Å². The number of thiazole rings is 1. The Morgan fingerprint density at radius 2 is 1.97 bits per heavy atom. The molecule has 2 aromatic heterocycles. The Hall–Kier alpha value is -2.21. The first kappa shape index (κ1) is 25.1. The summed E-state index contributed by atoms with van der Waals surface area (Å²) in [6, 6.07) is 13.8. The lowest BCUT2D eigenvalue weighted by Gasteiger charge is -2.11. The number of rotatable bonds is 7. The first-order valence-electron chi connectivity index (χ1n) is 9.50. The van der Waals surface area contributed by atoms with Gasteiger partial charge >= 0.3 is 6.18 Å². The number of nitrogens with zero attached hydrogens (tertiary/aromatic N) is 3. The molecule has 5 nitrogen and oxygen atoms in total. The van der Waals surface area contributed by atoms with Gasteiger partial charge in [0, 0.05) is 36.7 Å². The minimum absolute atomic E-state index is 0. The lowest BCUT2D eigenvalue weighted by molar-refractivity contribution is -0.140. The number of pyridine rings is 1. The summed E-state index contributed by atoms with van der Waals surface area (Å²) in [5.74, 6) is 0.605. The molecule has 0 atom stereocenters. The van der Waals surface area contributed by atoms with Crippen LogP contribution in [-0.4, -0.2) is 29.0 Å². The van der Waals surface area contributed by atoms with Gasteiger partial charge in [0.05, 0.1) is 17.2 Å². The second kappa shape index (κ2) is 12.0. The maximum Gasteiger partial charge on any atom is 0.434 e. The fraction of sp³-hybridized carbons (Fsp3) is 0.286. The largest absolute Gasteiger partial charge is 0.434 e. The highest BCUT2D eigenvalue weighted by Crippen LogP contribution is 2.30. The first-order valence-corrected chi connectivity index (χ1v) is 10.4. The van der Waals surface area contributed by atoms with Gasteiger partial charge in [0.1, 0.15) is 0 Å². The SMILES string of the molecule is CCNC(=NCc1cccc(-c2ccccn2)c1)NCCc1nc(C(F)(F)F)cs1.I. The highest BCUT2D eigenvalue weighted by molar-refractivity contribution is 14.0. The molecule has 31 heavy (non-hydrogen) atoms. The van der Waals surface area contributed by atoms with Crippen LogP contribution in [0.25, 0.3) is 11.3 Å². The number of halogens is 4. The summed E-state index contributed by atoms with van der Waals surface area (Å²) in [6.07, 6.45) is -2.25. The van der Waals surface area contributed by atoms with Crippen LogP contribution in [0.2, 0.25) is 0 Å². The van der Waals surface area contributed by atoms with E-state index in [9.17, 15) is 13.2 Å². The number of aromatic nitrogens is 2. The zero-order valence-corrected chi connectivity index (χ0v) is 20.0. The third kappa shape index (κ3) is 7.76. The minimum Gasteiger partial charge on any atom is -0.357 e. The van der Waals surface area contributed by atoms with Crippen molar-refractivity contribution in [2.45, 2.75) is 26.1 Å². The number of guanidine groups is 1. The third-order valence-corrected chi connectivity index (χ3v) is 5.03. The quantitative estimate of drug-likeness (QED) is 0.238. The normalized spacial score (nSPS) is 11.7. The molecule has 0 saturated carbocycles. The van der Waals surface area contributed by atoms with Crippen LogP contribution in [0.1, 0.15) is 23.2 Å². The second-order valence-corrected chi connectivity index (χ2v) is 7.35. The standard InChI is InChI=1S/C21H22F3N5S.HI/c1-2-25-20(27-11-9-19-29-18(14-30-19)21(22,23)24)28-13-15-6-5-7-16(12-15)17-8-3-4-10-26-17;/h3-8,10,12,14H,2,9,11,13H2,1H3,(H2,25,27,28);1H. The number of benzene rings is 1. The van der Waals surface area contributed by atoms with Crippen LogP contribution in [0.5, 0.6) is 0 Å². The molecule has 3 rings (SSSR count). The lowest BCUT2D eigenvalue weighted by atomic mass is 10.1. The van der Waals surface area contributed by atoms with Crippen molar-refractivity contribution in [3.8, 4) is 11.3 Å². The fourth-order valence-corrected chi connectivity index (χ4v) is 3.52. The maximum absolute atomic E-state index is 12.6. The molecule has 0 saturated heterocycles. The van der Waals surface area contributed by atoms with E-state index >= 15 is 0 Å². The summed E-state index contributed by atoms with van der Waals surface area (Å²) >= 11 is 1.01. The summed E-state index contributed by atoms with van der Waals surface area (Å²) < 4.78 is 37.9. The van der Waals surface area contributed by atoms with Crippen molar-refractivity contribution in [3.05, 3.63) is 70.3 Å². The van der Waals surface area contributed by atoms with E-state index in [-0.39, 0.29) is 24.0 Å². The molecule has 0 fully saturated rings. The van der Waals surface area contributed by atoms with Gasteiger partial charge in [-0.3, -0.25) is 4.98 Å². The van der Waals surface area contributed by atoms with E-state index in [0.29, 0.717) is 37.0 Å². The van der Waals surface area contributed by atoms with Gasteiger partial charge in [-0.05, 0) is 30.7 Å². The van der Waals surface area contributed by atoms with Crippen molar-refractivity contribution in [1.82, 2.24) is 20.6 Å². The number of aliphatic imine (C=N–C) groups is 1. The van der Waals surface area contributed by atoms with Crippen LogP contribution in [-0.2, 0) is 19.1 Å². The Balaban J connectivity index is 0.00000341. The summed E-state index contributed by atoms with van der Waals surface area (Å²) in [7, 11) is 0. The van der Waals surface area contributed by atoms with Gasteiger partial charge < -0.3 is 10.6 Å². The summed E-state index contributed by atoms with van der Waals surface area (Å²) in [5.41, 5.74) is 2.11. The van der Waals surface area contributed by atoms with Crippen molar-refractivity contribution in [3.63, 3.8) is 0 Å². The number of alkyl halides is 3. The number of hydrogen-bond acceptors (Lipinski definition) is 4. The zero-order chi connectivity index (χ0) is 21.4. The zero-order valence-electron chi connectivity index (χ0n) is 16.8. The molecule has 1 aromatic carbocycles. The molecule has 0 aliphatic rings. The Morgan fingerprint density at radius 1 is 1.13 bits per heavy atom. The monoisotopic (exact) mass is 561 g/mol. The molecule has 0 amide bonds. The van der Waals surface area contributed by atoms with Crippen molar-refractivity contribution in [1.29, 1.82) is 0 Å². The third-order valence-electron chi connectivity index (χ3n) is 4.13. The van der Waals surface area contributed by atoms with E-state index in [1.54, 1.807) is 6.20 Å². The molecule has 10 heteroatoms. The molecule has 0 radical (unpaired) electrons. The van der Waals surface area contributed by atoms with Crippen molar-refractivity contribution < 1.29 is 13.2 Å². The molecule has 2 heterocycles. The van der Waals surface area contributed by atoms with Crippen LogP contribution in [0, 0.1) is 0 Å². The predicted molar refractivity (Wildman–Crippen MR) is 129 cm³/mol. The minimum atomic E-state index is -4.40. The maximum atomic E-state index is 12.6. The number of hydrogen-bond donors (Lipinski definition) is 2. The van der Waals surface area contributed by atoms with Crippen molar-refractivity contribution in [2.24, 2.45) is 4.99 Å². The highest BCUT2D eigenvalue weighted by Gasteiger charge is 2.33. The van der Waals surface area contributed by atoms with E-state index in [0.717, 1.165) is 33.5 Å². The predicted octanol–water partition coefficient (Wildman–Crippen LogP) is 5.14. The fourth-order valence-electron chi connectivity index (χ4n) is 2.72. The molecule has 0 aliphatic heterocycles. The van der Waals surface area contributed by atoms with Crippen molar-refractivity contribution >= 4 is 41.3 Å². The highest BCUT2D eigenvalue weighted by atomic mass is 127. The van der Waals surface area contributed by atoms with Crippen LogP contribution in [0.15, 0.2) is 59.0 Å². The van der Waals surface area contributed by atoms with E-state index < -0.39 is 11.9 Å². The molecule has 3 aromatic rings. The van der Waals surface area contributed by atoms with Gasteiger partial charge in [0.2, 0.25) is 0 Å². The van der Waals surface area contributed by atoms with Gasteiger partial charge in [0.25, 0.3) is 0 Å². The van der Waals surface area contributed by atoms with Gasteiger partial charge in [-0.2, -0.15) is 13.2 Å². The molecular weight excluding hydrogens is 538 g/mol. The van der Waals surface area contributed by atoms with E-state index in [1.807, 2.05) is 49.4 Å². The molecule has 166 valence electrons. The average Bonchev–Trinajstić information content (AvgIpc) is 3.22. The van der Waals surface area contributed by atoms with Crippen LogP contribution >= 0.6 is 35.3 Å². The Labute approximate surface area is 200 Å². The summed E-state index contributed by atoms with van der Waals surface area (Å²) in [5, 5.41) is 7.77. The van der Waals surface area contributed by atoms with Gasteiger partial charge in [0.15, 0.2) is 11.7 Å². The summed E-state index contributed by atoms with van der Waals surface area (Å²) in [6.45, 7) is 3.53. The first-order chi connectivity index (χ1) is 14.5. The van der Waals surface area contributed by atoms with Gasteiger partial charge in [-0.1, -0.05) is 24.3 Å². The molecular formula is C21H23F3IN5S. The van der Waals surface area contributed by atoms with E-state index in [2.05, 4.69) is 25.6 Å². The topological polar surface area (TPSA) is 62.2 Å². The molecule has 0 bridgehead atoms. The van der Waals surface area contributed by atoms with Crippen molar-refractivity contribution in [2.75, 3.05) is 13.1 Å². The van der Waals surface area contributed by atoms with Crippen LogP contribution in [0.4, 0.5) is 13.2 Å².